The van der Waals surface area contributed by atoms with Crippen LogP contribution in [0.5, 0.6) is 0 Å². The van der Waals surface area contributed by atoms with Gasteiger partial charge in [-0.2, -0.15) is 0 Å². The van der Waals surface area contributed by atoms with Crippen molar-refractivity contribution in [1.29, 1.82) is 0 Å². The van der Waals surface area contributed by atoms with Gasteiger partial charge in [-0.15, -0.1) is 0 Å². The van der Waals surface area contributed by atoms with Gasteiger partial charge in [-0.1, -0.05) is 20.3 Å². The summed E-state index contributed by atoms with van der Waals surface area (Å²) in [6.07, 6.45) is 3.42. The molecule has 90 valence electrons. The first kappa shape index (κ1) is 12.9. The summed E-state index contributed by atoms with van der Waals surface area (Å²) in [6.45, 7) is 8.11. The van der Waals surface area contributed by atoms with Gasteiger partial charge in [0.25, 0.3) is 0 Å². The maximum Gasteiger partial charge on any atom is 0.0909 e. The number of aliphatic hydroxyl groups is 1. The molecule has 0 aromatic heterocycles. The van der Waals surface area contributed by atoms with Crippen LogP contribution in [0.4, 0.5) is 0 Å². The first-order valence-electron chi connectivity index (χ1n) is 6.17. The van der Waals surface area contributed by atoms with Gasteiger partial charge >= 0.3 is 0 Å². The highest BCUT2D eigenvalue weighted by molar-refractivity contribution is 4.90. The Morgan fingerprint density at radius 2 is 2.27 bits per heavy atom. The van der Waals surface area contributed by atoms with E-state index in [-0.39, 0.29) is 0 Å². The van der Waals surface area contributed by atoms with Gasteiger partial charge in [0.2, 0.25) is 0 Å². The standard InChI is InChI=1S/C12H26N2O/c1-4-5-11(2)8-14(3)10-12(15)6-7-13-9-12/h11,13,15H,4-10H2,1-3H3. The van der Waals surface area contributed by atoms with E-state index in [2.05, 4.69) is 31.1 Å². The number of rotatable bonds is 6. The van der Waals surface area contributed by atoms with E-state index in [9.17, 15) is 5.11 Å². The Hall–Kier alpha value is -0.120. The van der Waals surface area contributed by atoms with E-state index in [1.54, 1.807) is 0 Å². The second kappa shape index (κ2) is 5.83. The molecular formula is C12H26N2O. The van der Waals surface area contributed by atoms with Gasteiger partial charge in [0, 0.05) is 19.6 Å². The highest BCUT2D eigenvalue weighted by Gasteiger charge is 2.32. The van der Waals surface area contributed by atoms with Gasteiger partial charge in [-0.3, -0.25) is 0 Å². The van der Waals surface area contributed by atoms with E-state index >= 15 is 0 Å². The second-order valence-electron chi connectivity index (χ2n) is 5.24. The topological polar surface area (TPSA) is 35.5 Å². The molecule has 0 spiro atoms. The van der Waals surface area contributed by atoms with Crippen molar-refractivity contribution in [2.24, 2.45) is 5.92 Å². The summed E-state index contributed by atoms with van der Waals surface area (Å²) >= 11 is 0. The zero-order valence-corrected chi connectivity index (χ0v) is 10.4. The molecule has 1 rings (SSSR count). The summed E-state index contributed by atoms with van der Waals surface area (Å²) in [4.78, 5) is 2.27. The fourth-order valence-corrected chi connectivity index (χ4v) is 2.55. The summed E-state index contributed by atoms with van der Waals surface area (Å²) < 4.78 is 0. The number of nitrogens with one attached hydrogen (secondary N) is 1. The predicted octanol–water partition coefficient (Wildman–Crippen LogP) is 1.08. The van der Waals surface area contributed by atoms with Crippen molar-refractivity contribution in [2.45, 2.75) is 38.7 Å². The molecule has 0 radical (unpaired) electrons. The molecule has 2 unspecified atom stereocenters. The summed E-state index contributed by atoms with van der Waals surface area (Å²) in [6, 6.07) is 0. The Kier molecular flexibility index (Phi) is 5.03. The molecule has 0 aromatic rings. The van der Waals surface area contributed by atoms with Crippen molar-refractivity contribution in [3.63, 3.8) is 0 Å². The first-order chi connectivity index (χ1) is 7.06. The Balaban J connectivity index is 2.25. The molecule has 0 amide bonds. The van der Waals surface area contributed by atoms with Crippen LogP contribution in [0.25, 0.3) is 0 Å². The molecule has 0 aliphatic carbocycles. The SMILES string of the molecule is CCCC(C)CN(C)CC1(O)CCNC1. The summed E-state index contributed by atoms with van der Waals surface area (Å²) in [5, 5.41) is 13.4. The van der Waals surface area contributed by atoms with E-state index in [1.165, 1.54) is 12.8 Å². The minimum Gasteiger partial charge on any atom is -0.387 e. The number of β-amino-alcohol motifs (C(OH)–C–C–N with tert-alkyl or cyclic N) is 1. The fraction of sp³-hybridized carbons (Fsp3) is 1.00. The molecule has 0 aromatic carbocycles. The van der Waals surface area contributed by atoms with Crippen LogP contribution in [-0.4, -0.2) is 48.8 Å². The van der Waals surface area contributed by atoms with Crippen molar-refractivity contribution >= 4 is 0 Å². The van der Waals surface area contributed by atoms with E-state index in [0.29, 0.717) is 0 Å². The third-order valence-electron chi connectivity index (χ3n) is 3.19. The van der Waals surface area contributed by atoms with Gasteiger partial charge in [0.05, 0.1) is 5.60 Å². The third-order valence-corrected chi connectivity index (χ3v) is 3.19. The maximum absolute atomic E-state index is 10.2. The predicted molar refractivity (Wildman–Crippen MR) is 64.0 cm³/mol. The molecular weight excluding hydrogens is 188 g/mol. The van der Waals surface area contributed by atoms with Crippen molar-refractivity contribution in [2.75, 3.05) is 33.2 Å². The lowest BCUT2D eigenvalue weighted by molar-refractivity contribution is 0.0248. The van der Waals surface area contributed by atoms with Gasteiger partial charge in [0.1, 0.15) is 0 Å². The quantitative estimate of drug-likeness (QED) is 0.694. The fourth-order valence-electron chi connectivity index (χ4n) is 2.55. The lowest BCUT2D eigenvalue weighted by Crippen LogP contribution is -2.44. The summed E-state index contributed by atoms with van der Waals surface area (Å²) in [7, 11) is 2.11. The molecule has 2 atom stereocenters. The van der Waals surface area contributed by atoms with Crippen molar-refractivity contribution < 1.29 is 5.11 Å². The zero-order chi connectivity index (χ0) is 11.3. The molecule has 1 saturated heterocycles. The molecule has 0 bridgehead atoms. The molecule has 1 fully saturated rings. The summed E-state index contributed by atoms with van der Waals surface area (Å²) in [5.74, 6) is 0.734. The van der Waals surface area contributed by atoms with Crippen LogP contribution in [0.3, 0.4) is 0 Å². The van der Waals surface area contributed by atoms with Crippen LogP contribution in [0.15, 0.2) is 0 Å². The maximum atomic E-state index is 10.2. The van der Waals surface area contributed by atoms with Crippen LogP contribution < -0.4 is 5.32 Å². The Bertz CT molecular complexity index is 178. The second-order valence-corrected chi connectivity index (χ2v) is 5.24. The van der Waals surface area contributed by atoms with Crippen molar-refractivity contribution in [1.82, 2.24) is 10.2 Å². The lowest BCUT2D eigenvalue weighted by Gasteiger charge is -2.29. The highest BCUT2D eigenvalue weighted by Crippen LogP contribution is 2.16. The summed E-state index contributed by atoms with van der Waals surface area (Å²) in [5.41, 5.74) is -0.485. The van der Waals surface area contributed by atoms with E-state index < -0.39 is 5.60 Å². The van der Waals surface area contributed by atoms with Gasteiger partial charge in [-0.25, -0.2) is 0 Å². The minimum absolute atomic E-state index is 0.485. The highest BCUT2D eigenvalue weighted by atomic mass is 16.3. The van der Waals surface area contributed by atoms with Crippen molar-refractivity contribution in [3.05, 3.63) is 0 Å². The smallest absolute Gasteiger partial charge is 0.0909 e. The molecule has 3 nitrogen and oxygen atoms in total. The van der Waals surface area contributed by atoms with E-state index in [4.69, 9.17) is 0 Å². The monoisotopic (exact) mass is 214 g/mol. The molecule has 15 heavy (non-hydrogen) atoms. The zero-order valence-electron chi connectivity index (χ0n) is 10.4. The molecule has 1 heterocycles. The number of hydrogen-bond acceptors (Lipinski definition) is 3. The molecule has 3 heteroatoms. The molecule has 1 aliphatic heterocycles. The molecule has 2 N–H and O–H groups in total. The first-order valence-corrected chi connectivity index (χ1v) is 6.17. The minimum atomic E-state index is -0.485. The van der Waals surface area contributed by atoms with Crippen LogP contribution in [-0.2, 0) is 0 Å². The van der Waals surface area contributed by atoms with Gasteiger partial charge < -0.3 is 15.3 Å². The van der Waals surface area contributed by atoms with Crippen LogP contribution in [0.2, 0.25) is 0 Å². The Morgan fingerprint density at radius 1 is 1.53 bits per heavy atom. The van der Waals surface area contributed by atoms with E-state index in [1.807, 2.05) is 0 Å². The normalized spacial score (nSPS) is 28.6. The van der Waals surface area contributed by atoms with Crippen molar-refractivity contribution in [3.8, 4) is 0 Å². The average Bonchev–Trinajstić information content (AvgIpc) is 2.51. The molecule has 0 saturated carbocycles. The van der Waals surface area contributed by atoms with Crippen LogP contribution >= 0.6 is 0 Å². The largest absolute Gasteiger partial charge is 0.387 e. The average molecular weight is 214 g/mol. The van der Waals surface area contributed by atoms with Crippen LogP contribution in [0, 0.1) is 5.92 Å². The van der Waals surface area contributed by atoms with E-state index in [0.717, 1.165) is 38.5 Å². The van der Waals surface area contributed by atoms with Gasteiger partial charge in [-0.05, 0) is 32.4 Å². The third kappa shape index (κ3) is 4.49. The van der Waals surface area contributed by atoms with Crippen LogP contribution in [0.1, 0.15) is 33.1 Å². The Morgan fingerprint density at radius 3 is 2.80 bits per heavy atom. The number of likely N-dealkylation sites (N-methyl/N-ethyl adjacent to an activating group) is 1. The lowest BCUT2D eigenvalue weighted by atomic mass is 10.0. The Labute approximate surface area is 93.9 Å². The molecule has 1 aliphatic rings. The number of hydrogen-bond donors (Lipinski definition) is 2. The van der Waals surface area contributed by atoms with Gasteiger partial charge in [0.15, 0.2) is 0 Å². The number of nitrogens with zero attached hydrogens (tertiary/aromatic N) is 1.